The normalized spacial score (nSPS) is 20.4. The maximum Gasteiger partial charge on any atom is 0.245 e. The van der Waals surface area contributed by atoms with Crippen LogP contribution in [0.1, 0.15) is 128 Å². The zero-order valence-corrected chi connectivity index (χ0v) is 63.0. The highest BCUT2D eigenvalue weighted by molar-refractivity contribution is 7.98. The molecule has 3 heterocycles. The standard InChI is InChI=1S/C71H111N19O18S/c1-39(2)34-48(64(102)82-44(60(75)98)28-33-109-4)81-56(95)37-79-61(99)49(35-41-16-7-5-8-17-41)86-65(103)50(36-42-18-9-6-10-19-42)87-63(101)46(25-27-55(94)88-68-57(80-40(3)92)59(97)58(96)53(38-91)108-68)83-62(100)45(24-26-54(74)93)84-66(104)52-23-15-32-90(52)70(107)47(21-11-12-29-72)85-67(105)51-22-14-31-89(51)69(106)43(73)20-13-30-78-71(76)77/h5-10,16-19,39,43-53,57-59,68,91,96-97H,11-15,20-38,72-73H2,1-4H3,(H2,74,93)(H2,75,98)(H,79,99)(H,80,92)(H,81,95)(H,82,102)(H,83,100)(H,84,104)(H,85,105)(H,86,103)(H,87,101)(H,88,94)(H4,76,77,78)/t43-,44-,45-,46-,47-,48-,49-,50-,51-,52-,53+,57+,58+,59+,68+/m0/s1. The monoisotopic (exact) mass is 1550 g/mol. The Morgan fingerprint density at radius 1 is 0.587 bits per heavy atom. The van der Waals surface area contributed by atoms with Crippen LogP contribution in [0.15, 0.2) is 65.7 Å². The lowest BCUT2D eigenvalue weighted by atomic mass is 9.95. The first-order valence-corrected chi connectivity index (χ1v) is 38.1. The van der Waals surface area contributed by atoms with Gasteiger partial charge in [0.05, 0.1) is 19.2 Å². The van der Waals surface area contributed by atoms with Crippen LogP contribution in [-0.2, 0) is 84.7 Å². The number of hydrogen-bond donors (Lipinski definition) is 19. The summed E-state index contributed by atoms with van der Waals surface area (Å²) in [6.07, 6.45) is -4.81. The quantitative estimate of drug-likeness (QED) is 0.0167. The van der Waals surface area contributed by atoms with Gasteiger partial charge in [0, 0.05) is 52.2 Å². The second-order valence-corrected chi connectivity index (χ2v) is 28.7. The van der Waals surface area contributed by atoms with E-state index in [1.807, 2.05) is 6.26 Å². The Balaban J connectivity index is 1.46. The van der Waals surface area contributed by atoms with Gasteiger partial charge in [-0.2, -0.15) is 11.8 Å². The summed E-state index contributed by atoms with van der Waals surface area (Å²) in [5.74, 6) is -11.5. The van der Waals surface area contributed by atoms with Crippen LogP contribution in [0.2, 0.25) is 0 Å². The minimum Gasteiger partial charge on any atom is -0.394 e. The lowest BCUT2D eigenvalue weighted by Gasteiger charge is -2.42. The van der Waals surface area contributed by atoms with Crippen molar-refractivity contribution in [3.8, 4) is 0 Å². The number of aliphatic imine (C=N–C) groups is 1. The molecule has 0 aliphatic carbocycles. The van der Waals surface area contributed by atoms with Crippen LogP contribution < -0.4 is 87.6 Å². The number of carbonyl (C=O) groups is 14. The number of aliphatic hydroxyl groups is 3. The van der Waals surface area contributed by atoms with Gasteiger partial charge in [-0.1, -0.05) is 74.5 Å². The molecule has 109 heavy (non-hydrogen) atoms. The first kappa shape index (κ1) is 90.0. The smallest absolute Gasteiger partial charge is 0.245 e. The van der Waals surface area contributed by atoms with Gasteiger partial charge < -0.3 is 117 Å². The summed E-state index contributed by atoms with van der Waals surface area (Å²) in [5, 5.41) is 57.6. The number of primary amides is 2. The Morgan fingerprint density at radius 3 is 1.64 bits per heavy atom. The molecule has 38 heteroatoms. The number of aliphatic hydroxyl groups excluding tert-OH is 3. The summed E-state index contributed by atoms with van der Waals surface area (Å²) in [7, 11) is 0. The van der Waals surface area contributed by atoms with Crippen LogP contribution >= 0.6 is 11.8 Å². The predicted octanol–water partition coefficient (Wildman–Crippen LogP) is -6.14. The van der Waals surface area contributed by atoms with E-state index >= 15 is 9.59 Å². The van der Waals surface area contributed by atoms with Crippen LogP contribution in [0.25, 0.3) is 0 Å². The number of amides is 14. The topological polar surface area (TPSA) is 604 Å². The third-order valence-electron chi connectivity index (χ3n) is 18.6. The fraction of sp³-hybridized carbons (Fsp3) is 0.620. The average molecular weight is 1550 g/mol. The number of likely N-dealkylation sites (tertiary alicyclic amines) is 2. The minimum atomic E-state index is -1.87. The summed E-state index contributed by atoms with van der Waals surface area (Å²) in [6, 6.07) is 1.74. The van der Waals surface area contributed by atoms with Crippen molar-refractivity contribution in [2.24, 2.45) is 45.3 Å². The molecule has 25 N–H and O–H groups in total. The molecule has 37 nitrogen and oxygen atoms in total. The van der Waals surface area contributed by atoms with Crippen molar-refractivity contribution < 1.29 is 87.2 Å². The number of nitrogens with two attached hydrogens (primary N) is 6. The fourth-order valence-corrected chi connectivity index (χ4v) is 13.4. The molecule has 3 aliphatic heterocycles. The molecule has 0 spiro atoms. The van der Waals surface area contributed by atoms with Crippen molar-refractivity contribution in [2.75, 3.05) is 51.3 Å². The van der Waals surface area contributed by atoms with E-state index in [-0.39, 0.29) is 95.8 Å². The molecule has 0 saturated carbocycles. The number of thioether (sulfide) groups is 1. The zero-order valence-electron chi connectivity index (χ0n) is 62.2. The molecule has 14 amide bonds. The number of unbranched alkanes of at least 4 members (excludes halogenated alkanes) is 1. The fourth-order valence-electron chi connectivity index (χ4n) is 12.9. The first-order chi connectivity index (χ1) is 51.8. The van der Waals surface area contributed by atoms with Gasteiger partial charge in [0.2, 0.25) is 82.7 Å². The molecule has 3 fully saturated rings. The van der Waals surface area contributed by atoms with Gasteiger partial charge in [0.1, 0.15) is 78.7 Å². The van der Waals surface area contributed by atoms with Crippen LogP contribution in [0, 0.1) is 5.92 Å². The first-order valence-electron chi connectivity index (χ1n) is 36.7. The number of nitrogens with zero attached hydrogens (tertiary/aromatic N) is 3. The Morgan fingerprint density at radius 2 is 1.11 bits per heavy atom. The second kappa shape index (κ2) is 46.0. The van der Waals surface area contributed by atoms with Gasteiger partial charge in [0.25, 0.3) is 0 Å². The highest BCUT2D eigenvalue weighted by Crippen LogP contribution is 2.25. The summed E-state index contributed by atoms with van der Waals surface area (Å²) in [6.45, 7) is 3.85. The molecule has 0 aromatic heterocycles. The molecule has 15 atom stereocenters. The van der Waals surface area contributed by atoms with E-state index in [1.165, 1.54) is 21.6 Å². The van der Waals surface area contributed by atoms with Gasteiger partial charge in [-0.15, -0.1) is 0 Å². The molecular formula is C71H111N19O18S. The SMILES string of the molecule is CSCC[C@H](NC(=O)[C@H](CC(C)C)NC(=O)CNC(=O)[C@H](Cc1ccccc1)NC(=O)[C@H](Cc1ccccc1)NC(=O)[C@H](CCC(=O)N[C@@H]1O[C@H](CO)[C@@H](O)[C@H](O)[C@H]1NC(C)=O)NC(=O)[C@H](CCC(N)=O)NC(=O)[C@@H]1CCCN1C(=O)[C@H](CCCCN)NC(=O)[C@@H]1CCCN1C(=O)[C@@H](N)CCCN=C(N)N)C(N)=O. The van der Waals surface area contributed by atoms with Crippen LogP contribution in [0.4, 0.5) is 0 Å². The lowest BCUT2D eigenvalue weighted by Crippen LogP contribution is -2.68. The van der Waals surface area contributed by atoms with Crippen LogP contribution in [-0.4, -0.2) is 256 Å². The third-order valence-corrected chi connectivity index (χ3v) is 19.3. The second-order valence-electron chi connectivity index (χ2n) is 27.7. The van der Waals surface area contributed by atoms with E-state index < -0.39 is 213 Å². The summed E-state index contributed by atoms with van der Waals surface area (Å²) < 4.78 is 5.69. The maximum absolute atomic E-state index is 15.2. The molecule has 5 rings (SSSR count). The number of guanidine groups is 1. The van der Waals surface area contributed by atoms with Gasteiger partial charge in [0.15, 0.2) is 12.2 Å². The van der Waals surface area contributed by atoms with Crippen molar-refractivity contribution in [1.29, 1.82) is 0 Å². The highest BCUT2D eigenvalue weighted by Gasteiger charge is 2.47. The Kier molecular flexibility index (Phi) is 38.0. The van der Waals surface area contributed by atoms with Gasteiger partial charge in [-0.25, -0.2) is 0 Å². The molecule has 0 unspecified atom stereocenters. The van der Waals surface area contributed by atoms with Crippen LogP contribution in [0.5, 0.6) is 0 Å². The largest absolute Gasteiger partial charge is 0.394 e. The number of hydrogen-bond acceptors (Lipinski definition) is 22. The number of ether oxygens (including phenoxy) is 1. The van der Waals surface area contributed by atoms with Crippen molar-refractivity contribution in [1.82, 2.24) is 63.0 Å². The molecule has 3 aliphatic rings. The molecular weight excluding hydrogens is 1440 g/mol. The van der Waals surface area contributed by atoms with Crippen molar-refractivity contribution in [2.45, 2.75) is 221 Å². The van der Waals surface area contributed by atoms with Crippen molar-refractivity contribution in [3.63, 3.8) is 0 Å². The Bertz CT molecular complexity index is 3430. The molecule has 2 aromatic carbocycles. The number of benzene rings is 2. The third kappa shape index (κ3) is 29.7. The highest BCUT2D eigenvalue weighted by atomic mass is 32.2. The van der Waals surface area contributed by atoms with Gasteiger partial charge in [-0.05, 0) is 119 Å². The van der Waals surface area contributed by atoms with Crippen molar-refractivity contribution in [3.05, 3.63) is 71.8 Å². The molecule has 604 valence electrons. The van der Waals surface area contributed by atoms with Crippen molar-refractivity contribution >= 4 is 100 Å². The van der Waals surface area contributed by atoms with E-state index in [9.17, 15) is 72.9 Å². The van der Waals surface area contributed by atoms with E-state index in [2.05, 4.69) is 58.2 Å². The van der Waals surface area contributed by atoms with Gasteiger partial charge in [-0.3, -0.25) is 72.1 Å². The number of nitrogens with one attached hydrogen (secondary N) is 10. The molecule has 3 saturated heterocycles. The Hall–Kier alpha value is -9.60. The lowest BCUT2D eigenvalue weighted by molar-refractivity contribution is -0.203. The predicted molar refractivity (Wildman–Crippen MR) is 400 cm³/mol. The average Bonchev–Trinajstić information content (AvgIpc) is 1.80. The van der Waals surface area contributed by atoms with E-state index in [0.29, 0.717) is 42.6 Å². The van der Waals surface area contributed by atoms with E-state index in [0.717, 1.165) is 6.92 Å². The summed E-state index contributed by atoms with van der Waals surface area (Å²) in [4.78, 5) is 202. The molecule has 0 bridgehead atoms. The summed E-state index contributed by atoms with van der Waals surface area (Å²) in [5.41, 5.74) is 35.2. The summed E-state index contributed by atoms with van der Waals surface area (Å²) >= 11 is 1.43. The van der Waals surface area contributed by atoms with Crippen LogP contribution in [0.3, 0.4) is 0 Å². The van der Waals surface area contributed by atoms with E-state index in [1.54, 1.807) is 74.5 Å². The molecule has 2 aromatic rings. The van der Waals surface area contributed by atoms with Gasteiger partial charge >= 0.3 is 0 Å². The Labute approximate surface area is 637 Å². The zero-order chi connectivity index (χ0) is 80.4. The van der Waals surface area contributed by atoms with E-state index in [4.69, 9.17) is 39.1 Å². The molecule has 0 radical (unpaired) electrons. The number of carbonyl (C=O) groups excluding carboxylic acids is 14. The maximum atomic E-state index is 15.2. The minimum absolute atomic E-state index is 0.0107. The number of rotatable bonds is 45.